The van der Waals surface area contributed by atoms with Gasteiger partial charge in [0, 0.05) is 11.6 Å². The fraction of sp³-hybridized carbons (Fsp3) is 0.533. The Morgan fingerprint density at radius 2 is 1.82 bits per heavy atom. The number of anilines is 1. The number of hydrogen-bond acceptors (Lipinski definition) is 1. The first-order valence-electron chi connectivity index (χ1n) is 6.57. The van der Waals surface area contributed by atoms with Crippen molar-refractivity contribution in [3.63, 3.8) is 0 Å². The number of benzene rings is 1. The van der Waals surface area contributed by atoms with Gasteiger partial charge in [-0.3, -0.25) is 4.79 Å². The highest BCUT2D eigenvalue weighted by molar-refractivity contribution is 5.92. The van der Waals surface area contributed by atoms with E-state index >= 15 is 0 Å². The van der Waals surface area contributed by atoms with Crippen molar-refractivity contribution in [2.75, 3.05) is 5.32 Å². The van der Waals surface area contributed by atoms with Crippen LogP contribution < -0.4 is 5.32 Å². The summed E-state index contributed by atoms with van der Waals surface area (Å²) in [6, 6.07) is 8.15. The number of carbonyl (C=O) groups excluding carboxylic acids is 1. The normalized spacial score (nSPS) is 12.2. The molecular weight excluding hydrogens is 210 g/mol. The first-order chi connectivity index (χ1) is 8.17. The molecule has 1 aromatic rings. The van der Waals surface area contributed by atoms with Gasteiger partial charge in [0.1, 0.15) is 0 Å². The Balaban J connectivity index is 2.53. The molecule has 0 radical (unpaired) electrons. The van der Waals surface area contributed by atoms with Crippen LogP contribution in [0.25, 0.3) is 0 Å². The molecule has 0 fully saturated rings. The van der Waals surface area contributed by atoms with E-state index in [9.17, 15) is 4.79 Å². The summed E-state index contributed by atoms with van der Waals surface area (Å²) in [6.07, 6.45) is 4.24. The van der Waals surface area contributed by atoms with Gasteiger partial charge >= 0.3 is 0 Å². The van der Waals surface area contributed by atoms with Gasteiger partial charge in [0.05, 0.1) is 0 Å². The molecule has 0 saturated heterocycles. The van der Waals surface area contributed by atoms with Crippen LogP contribution in [-0.2, 0) is 11.2 Å². The van der Waals surface area contributed by atoms with Crippen LogP contribution in [0.3, 0.4) is 0 Å². The molecule has 1 rings (SSSR count). The van der Waals surface area contributed by atoms with Crippen molar-refractivity contribution in [1.82, 2.24) is 0 Å². The Kier molecular flexibility index (Phi) is 5.75. The third-order valence-electron chi connectivity index (χ3n) is 2.93. The van der Waals surface area contributed by atoms with Crippen molar-refractivity contribution in [3.8, 4) is 0 Å². The van der Waals surface area contributed by atoms with E-state index in [0.717, 1.165) is 31.4 Å². The van der Waals surface area contributed by atoms with Gasteiger partial charge in [-0.1, -0.05) is 45.7 Å². The number of hydrogen-bond donors (Lipinski definition) is 1. The van der Waals surface area contributed by atoms with Gasteiger partial charge in [-0.15, -0.1) is 0 Å². The summed E-state index contributed by atoms with van der Waals surface area (Å²) in [7, 11) is 0. The molecule has 94 valence electrons. The average Bonchev–Trinajstić information content (AvgIpc) is 2.32. The zero-order valence-corrected chi connectivity index (χ0v) is 11.1. The van der Waals surface area contributed by atoms with E-state index in [4.69, 9.17) is 0 Å². The van der Waals surface area contributed by atoms with E-state index in [1.54, 1.807) is 0 Å². The van der Waals surface area contributed by atoms with Crippen LogP contribution in [0.4, 0.5) is 5.69 Å². The summed E-state index contributed by atoms with van der Waals surface area (Å²) in [5.74, 6) is 0.213. The van der Waals surface area contributed by atoms with Crippen molar-refractivity contribution in [2.45, 2.75) is 46.5 Å². The molecular formula is C15H23NO. The van der Waals surface area contributed by atoms with Crippen LogP contribution in [0, 0.1) is 5.92 Å². The van der Waals surface area contributed by atoms with E-state index in [2.05, 4.69) is 31.3 Å². The van der Waals surface area contributed by atoms with Crippen molar-refractivity contribution in [2.24, 2.45) is 5.92 Å². The summed E-state index contributed by atoms with van der Waals surface area (Å²) in [4.78, 5) is 11.8. The lowest BCUT2D eigenvalue weighted by atomic mass is 10.1. The molecule has 17 heavy (non-hydrogen) atoms. The van der Waals surface area contributed by atoms with Gasteiger partial charge < -0.3 is 5.32 Å². The summed E-state index contributed by atoms with van der Waals surface area (Å²) >= 11 is 0. The molecule has 0 aliphatic heterocycles. The Morgan fingerprint density at radius 3 is 2.35 bits per heavy atom. The van der Waals surface area contributed by atoms with Gasteiger partial charge in [-0.05, 0) is 30.5 Å². The SMILES string of the molecule is CCCc1ccc(NC(=O)C(C)CCC)cc1. The molecule has 2 nitrogen and oxygen atoms in total. The molecule has 2 heteroatoms. The number of rotatable bonds is 6. The maximum Gasteiger partial charge on any atom is 0.227 e. The maximum atomic E-state index is 11.8. The zero-order valence-electron chi connectivity index (χ0n) is 11.1. The summed E-state index contributed by atoms with van der Waals surface area (Å²) in [5.41, 5.74) is 2.23. The van der Waals surface area contributed by atoms with Gasteiger partial charge in [0.2, 0.25) is 5.91 Å². The summed E-state index contributed by atoms with van der Waals surface area (Å²) in [6.45, 7) is 6.25. The van der Waals surface area contributed by atoms with E-state index < -0.39 is 0 Å². The molecule has 1 unspecified atom stereocenters. The number of nitrogens with one attached hydrogen (secondary N) is 1. The molecule has 0 heterocycles. The molecule has 0 saturated carbocycles. The molecule has 0 aliphatic rings. The van der Waals surface area contributed by atoms with Crippen molar-refractivity contribution in [1.29, 1.82) is 0 Å². The quantitative estimate of drug-likeness (QED) is 0.790. The topological polar surface area (TPSA) is 29.1 Å². The molecule has 0 aliphatic carbocycles. The second kappa shape index (κ2) is 7.10. The van der Waals surface area contributed by atoms with Crippen LogP contribution in [0.2, 0.25) is 0 Å². The van der Waals surface area contributed by atoms with E-state index in [-0.39, 0.29) is 11.8 Å². The minimum atomic E-state index is 0.0929. The highest BCUT2D eigenvalue weighted by atomic mass is 16.1. The largest absolute Gasteiger partial charge is 0.326 e. The molecule has 1 N–H and O–H groups in total. The molecule has 1 aromatic carbocycles. The minimum Gasteiger partial charge on any atom is -0.326 e. The second-order valence-electron chi connectivity index (χ2n) is 4.63. The van der Waals surface area contributed by atoms with Crippen LogP contribution in [-0.4, -0.2) is 5.91 Å². The van der Waals surface area contributed by atoms with Crippen molar-refractivity contribution >= 4 is 11.6 Å². The zero-order chi connectivity index (χ0) is 12.7. The van der Waals surface area contributed by atoms with Gasteiger partial charge in [-0.2, -0.15) is 0 Å². The standard InChI is InChI=1S/C15H23NO/c1-4-6-12(3)15(17)16-14-10-8-13(7-5-2)9-11-14/h8-12H,4-7H2,1-3H3,(H,16,17). The van der Waals surface area contributed by atoms with Gasteiger partial charge in [0.25, 0.3) is 0 Å². The molecule has 0 aromatic heterocycles. The Hall–Kier alpha value is -1.31. The van der Waals surface area contributed by atoms with E-state index in [1.807, 2.05) is 19.1 Å². The highest BCUT2D eigenvalue weighted by Crippen LogP contribution is 2.13. The van der Waals surface area contributed by atoms with Gasteiger partial charge in [-0.25, -0.2) is 0 Å². The van der Waals surface area contributed by atoms with E-state index in [1.165, 1.54) is 5.56 Å². The van der Waals surface area contributed by atoms with Crippen LogP contribution in [0.1, 0.15) is 45.6 Å². The number of aryl methyl sites for hydroxylation is 1. The van der Waals surface area contributed by atoms with Gasteiger partial charge in [0.15, 0.2) is 0 Å². The molecule has 0 spiro atoms. The lowest BCUT2D eigenvalue weighted by Crippen LogP contribution is -2.20. The van der Waals surface area contributed by atoms with Crippen LogP contribution in [0.15, 0.2) is 24.3 Å². The Bertz CT molecular complexity index is 342. The summed E-state index contributed by atoms with van der Waals surface area (Å²) in [5, 5.41) is 2.96. The third kappa shape index (κ3) is 4.59. The molecule has 0 bridgehead atoms. The minimum absolute atomic E-state index is 0.0929. The average molecular weight is 233 g/mol. The highest BCUT2D eigenvalue weighted by Gasteiger charge is 2.11. The fourth-order valence-electron chi connectivity index (χ4n) is 1.87. The monoisotopic (exact) mass is 233 g/mol. The maximum absolute atomic E-state index is 11.8. The third-order valence-corrected chi connectivity index (χ3v) is 2.93. The van der Waals surface area contributed by atoms with Crippen molar-refractivity contribution in [3.05, 3.63) is 29.8 Å². The summed E-state index contributed by atoms with van der Waals surface area (Å²) < 4.78 is 0. The number of amides is 1. The predicted molar refractivity (Wildman–Crippen MR) is 73.1 cm³/mol. The first-order valence-corrected chi connectivity index (χ1v) is 6.57. The predicted octanol–water partition coefficient (Wildman–Crippen LogP) is 4.01. The van der Waals surface area contributed by atoms with E-state index in [0.29, 0.717) is 0 Å². The molecule has 1 amide bonds. The van der Waals surface area contributed by atoms with Crippen molar-refractivity contribution < 1.29 is 4.79 Å². The lowest BCUT2D eigenvalue weighted by molar-refractivity contribution is -0.119. The Morgan fingerprint density at radius 1 is 1.18 bits per heavy atom. The second-order valence-corrected chi connectivity index (χ2v) is 4.63. The first kappa shape index (κ1) is 13.8. The van der Waals surface area contributed by atoms with Crippen LogP contribution >= 0.6 is 0 Å². The fourth-order valence-corrected chi connectivity index (χ4v) is 1.87. The Labute approximate surface area is 104 Å². The smallest absolute Gasteiger partial charge is 0.227 e. The lowest BCUT2D eigenvalue weighted by Gasteiger charge is -2.11. The van der Waals surface area contributed by atoms with Crippen LogP contribution in [0.5, 0.6) is 0 Å². The molecule has 1 atom stereocenters. The number of carbonyl (C=O) groups is 1.